The molecule has 0 saturated heterocycles. The number of carboxylic acids is 1. The molecule has 172 valence electrons. The SMILES string of the molecule is Cc1ccc2c(c1)NC(O)C(Cn1c(C(=O)O)c(-c3ccc[nH]c3=O)c3cc(C)c(F)cc31)=C2. The first-order valence-electron chi connectivity index (χ1n) is 10.7. The van der Waals surface area contributed by atoms with E-state index in [1.165, 1.54) is 22.9 Å². The van der Waals surface area contributed by atoms with Gasteiger partial charge in [0.1, 0.15) is 17.7 Å². The van der Waals surface area contributed by atoms with E-state index in [4.69, 9.17) is 0 Å². The fourth-order valence-electron chi connectivity index (χ4n) is 4.51. The number of aromatic nitrogens is 2. The maximum absolute atomic E-state index is 14.6. The summed E-state index contributed by atoms with van der Waals surface area (Å²) in [6.07, 6.45) is 2.20. The number of H-pyrrole nitrogens is 1. The maximum atomic E-state index is 14.6. The number of fused-ring (bicyclic) bond motifs is 2. The highest BCUT2D eigenvalue weighted by molar-refractivity contribution is 6.08. The second kappa shape index (κ2) is 8.00. The predicted octanol–water partition coefficient (Wildman–Crippen LogP) is 4.28. The van der Waals surface area contributed by atoms with Gasteiger partial charge in [-0.05, 0) is 72.5 Å². The lowest BCUT2D eigenvalue weighted by Crippen LogP contribution is -2.28. The standard InChI is InChI=1S/C26H22FN3O4/c1-13-5-6-15-10-16(24(31)29-20(15)8-13)12-30-21-11-19(27)14(2)9-18(21)22(23(30)26(33)34)17-4-3-7-28-25(17)32/h3-11,24,29,31H,12H2,1-2H3,(H,28,32)(H,33,34). The summed E-state index contributed by atoms with van der Waals surface area (Å²) in [6, 6.07) is 11.7. The highest BCUT2D eigenvalue weighted by Crippen LogP contribution is 2.37. The average Bonchev–Trinajstić information content (AvgIpc) is 3.08. The topological polar surface area (TPSA) is 107 Å². The number of carbonyl (C=O) groups is 1. The Balaban J connectivity index is 1.78. The van der Waals surface area contributed by atoms with Crippen molar-refractivity contribution in [1.29, 1.82) is 0 Å². The number of pyridine rings is 1. The minimum atomic E-state index is -1.26. The van der Waals surface area contributed by atoms with Crippen LogP contribution in [0.3, 0.4) is 0 Å². The van der Waals surface area contributed by atoms with Gasteiger partial charge in [-0.1, -0.05) is 12.1 Å². The predicted molar refractivity (Wildman–Crippen MR) is 128 cm³/mol. The van der Waals surface area contributed by atoms with Crippen LogP contribution in [-0.4, -0.2) is 32.0 Å². The minimum absolute atomic E-state index is 0.0210. The Bertz CT molecular complexity index is 1560. The van der Waals surface area contributed by atoms with Gasteiger partial charge in [0.15, 0.2) is 0 Å². The van der Waals surface area contributed by atoms with Crippen molar-refractivity contribution in [2.75, 3.05) is 5.32 Å². The molecule has 3 heterocycles. The molecule has 0 bridgehead atoms. The molecule has 8 heteroatoms. The number of benzene rings is 2. The second-order valence-electron chi connectivity index (χ2n) is 8.50. The van der Waals surface area contributed by atoms with Gasteiger partial charge in [0, 0.05) is 34.9 Å². The van der Waals surface area contributed by atoms with E-state index in [0.717, 1.165) is 16.8 Å². The Kier molecular flexibility index (Phi) is 5.10. The first-order chi connectivity index (χ1) is 16.2. The van der Waals surface area contributed by atoms with Gasteiger partial charge in [0.25, 0.3) is 5.56 Å². The maximum Gasteiger partial charge on any atom is 0.353 e. The Morgan fingerprint density at radius 1 is 1.18 bits per heavy atom. The van der Waals surface area contributed by atoms with Crippen LogP contribution in [0, 0.1) is 19.7 Å². The largest absolute Gasteiger partial charge is 0.477 e. The van der Waals surface area contributed by atoms with Crippen LogP contribution in [0.4, 0.5) is 10.1 Å². The molecule has 2 aromatic carbocycles. The van der Waals surface area contributed by atoms with Crippen molar-refractivity contribution in [3.63, 3.8) is 0 Å². The van der Waals surface area contributed by atoms with Gasteiger partial charge in [-0.15, -0.1) is 0 Å². The summed E-state index contributed by atoms with van der Waals surface area (Å²) in [4.78, 5) is 27.7. The smallest absolute Gasteiger partial charge is 0.353 e. The van der Waals surface area contributed by atoms with Crippen LogP contribution in [0.25, 0.3) is 28.1 Å². The van der Waals surface area contributed by atoms with Crippen molar-refractivity contribution >= 4 is 28.6 Å². The van der Waals surface area contributed by atoms with E-state index < -0.39 is 23.6 Å². The normalized spacial score (nSPS) is 15.1. The molecule has 0 spiro atoms. The van der Waals surface area contributed by atoms with Crippen molar-refractivity contribution in [2.45, 2.75) is 26.6 Å². The molecular weight excluding hydrogens is 437 g/mol. The fourth-order valence-corrected chi connectivity index (χ4v) is 4.51. The van der Waals surface area contributed by atoms with Crippen LogP contribution < -0.4 is 10.9 Å². The van der Waals surface area contributed by atoms with Gasteiger partial charge in [0.2, 0.25) is 0 Å². The molecule has 7 nitrogen and oxygen atoms in total. The molecule has 1 aliphatic rings. The third kappa shape index (κ3) is 3.48. The van der Waals surface area contributed by atoms with Crippen molar-refractivity contribution in [2.24, 2.45) is 0 Å². The Morgan fingerprint density at radius 2 is 1.97 bits per heavy atom. The highest BCUT2D eigenvalue weighted by atomic mass is 19.1. The second-order valence-corrected chi connectivity index (χ2v) is 8.50. The van der Waals surface area contributed by atoms with E-state index in [9.17, 15) is 24.2 Å². The number of rotatable bonds is 4. The summed E-state index contributed by atoms with van der Waals surface area (Å²) in [6.45, 7) is 3.51. The number of aliphatic hydroxyl groups is 1. The van der Waals surface area contributed by atoms with Gasteiger partial charge >= 0.3 is 5.97 Å². The van der Waals surface area contributed by atoms with Crippen LogP contribution in [0.2, 0.25) is 0 Å². The molecule has 0 radical (unpaired) electrons. The van der Waals surface area contributed by atoms with Crippen LogP contribution in [0.5, 0.6) is 0 Å². The van der Waals surface area contributed by atoms with Crippen molar-refractivity contribution in [3.05, 3.63) is 92.8 Å². The lowest BCUT2D eigenvalue weighted by atomic mass is 10.0. The van der Waals surface area contributed by atoms with Gasteiger partial charge < -0.3 is 25.1 Å². The fraction of sp³-hybridized carbons (Fsp3) is 0.154. The van der Waals surface area contributed by atoms with Crippen LogP contribution in [-0.2, 0) is 6.54 Å². The van der Waals surface area contributed by atoms with E-state index in [1.807, 2.05) is 25.1 Å². The van der Waals surface area contributed by atoms with Crippen LogP contribution in [0.1, 0.15) is 27.2 Å². The van der Waals surface area contributed by atoms with E-state index in [2.05, 4.69) is 10.3 Å². The zero-order chi connectivity index (χ0) is 24.1. The highest BCUT2D eigenvalue weighted by Gasteiger charge is 2.28. The summed E-state index contributed by atoms with van der Waals surface area (Å²) >= 11 is 0. The van der Waals surface area contributed by atoms with Crippen molar-refractivity contribution < 1.29 is 19.4 Å². The molecule has 5 rings (SSSR count). The van der Waals surface area contributed by atoms with E-state index >= 15 is 0 Å². The Labute approximate surface area is 193 Å². The molecule has 1 aliphatic heterocycles. The number of aliphatic hydroxyl groups excluding tert-OH is 1. The number of nitrogens with one attached hydrogen (secondary N) is 2. The van der Waals surface area contributed by atoms with Gasteiger partial charge in [-0.3, -0.25) is 4.79 Å². The summed E-state index contributed by atoms with van der Waals surface area (Å²) < 4.78 is 16.1. The zero-order valence-corrected chi connectivity index (χ0v) is 18.5. The number of anilines is 1. The van der Waals surface area contributed by atoms with Crippen molar-refractivity contribution in [1.82, 2.24) is 9.55 Å². The number of aromatic amines is 1. The van der Waals surface area contributed by atoms with Gasteiger partial charge in [-0.2, -0.15) is 0 Å². The monoisotopic (exact) mass is 459 g/mol. The Morgan fingerprint density at radius 3 is 2.71 bits per heavy atom. The number of aromatic carboxylic acids is 1. The molecule has 4 aromatic rings. The summed E-state index contributed by atoms with van der Waals surface area (Å²) in [7, 11) is 0. The van der Waals surface area contributed by atoms with Gasteiger partial charge in [-0.25, -0.2) is 9.18 Å². The zero-order valence-electron chi connectivity index (χ0n) is 18.5. The molecule has 1 atom stereocenters. The van der Waals surface area contributed by atoms with E-state index in [0.29, 0.717) is 22.0 Å². The number of hydrogen-bond acceptors (Lipinski definition) is 4. The number of carboxylic acid groups (broad SMARTS) is 1. The number of halogens is 1. The first-order valence-corrected chi connectivity index (χ1v) is 10.7. The lowest BCUT2D eigenvalue weighted by Gasteiger charge is -2.25. The first kappa shape index (κ1) is 21.7. The molecule has 2 aromatic heterocycles. The van der Waals surface area contributed by atoms with Crippen LogP contribution in [0.15, 0.2) is 59.0 Å². The number of aryl methyl sites for hydroxylation is 2. The molecule has 1 unspecified atom stereocenters. The lowest BCUT2D eigenvalue weighted by molar-refractivity contribution is 0.0686. The molecule has 4 N–H and O–H groups in total. The molecule has 0 amide bonds. The minimum Gasteiger partial charge on any atom is -0.477 e. The molecular formula is C26H22FN3O4. The third-order valence-electron chi connectivity index (χ3n) is 6.17. The summed E-state index contributed by atoms with van der Waals surface area (Å²) in [5.74, 6) is -1.75. The summed E-state index contributed by atoms with van der Waals surface area (Å²) in [5.41, 5.74) is 3.59. The van der Waals surface area contributed by atoms with E-state index in [1.54, 1.807) is 25.1 Å². The van der Waals surface area contributed by atoms with E-state index in [-0.39, 0.29) is 23.4 Å². The summed E-state index contributed by atoms with van der Waals surface area (Å²) in [5, 5.41) is 24.4. The molecule has 34 heavy (non-hydrogen) atoms. The van der Waals surface area contributed by atoms with Gasteiger partial charge in [0.05, 0.1) is 5.52 Å². The number of hydrogen-bond donors (Lipinski definition) is 4. The third-order valence-corrected chi connectivity index (χ3v) is 6.17. The quantitative estimate of drug-likeness (QED) is 0.364. The van der Waals surface area contributed by atoms with Crippen LogP contribution >= 0.6 is 0 Å². The molecule has 0 fully saturated rings. The van der Waals surface area contributed by atoms with Crippen molar-refractivity contribution in [3.8, 4) is 11.1 Å². The molecule has 0 aliphatic carbocycles. The average molecular weight is 459 g/mol. The number of nitrogens with zero attached hydrogens (tertiary/aromatic N) is 1. The molecule has 0 saturated carbocycles. The Hall–Kier alpha value is -4.17.